The number of nitrogens with one attached hydrogen (secondary N) is 2. The maximum Gasteiger partial charge on any atom is 0.253 e. The van der Waals surface area contributed by atoms with Crippen molar-refractivity contribution < 1.29 is 9.53 Å². The summed E-state index contributed by atoms with van der Waals surface area (Å²) in [5.74, 6) is 1.92. The van der Waals surface area contributed by atoms with Gasteiger partial charge in [-0.2, -0.15) is 0 Å². The molecule has 1 unspecified atom stereocenters. The first-order chi connectivity index (χ1) is 22.1. The van der Waals surface area contributed by atoms with E-state index >= 15 is 0 Å². The number of amides is 1. The lowest BCUT2D eigenvalue weighted by Crippen LogP contribution is -2.40. The number of aromatic amines is 1. The second-order valence-electron chi connectivity index (χ2n) is 12.0. The number of ether oxygens (including phenoxy) is 1. The van der Waals surface area contributed by atoms with Gasteiger partial charge in [0.1, 0.15) is 5.75 Å². The molecule has 3 heterocycles. The smallest absolute Gasteiger partial charge is 0.253 e. The number of likely N-dealkylation sites (N-methyl/N-ethyl adjacent to an activating group) is 1. The molecule has 3 aromatic carbocycles. The maximum atomic E-state index is 13.2. The number of benzene rings is 3. The number of hydrogen-bond donors (Lipinski definition) is 2. The van der Waals surface area contributed by atoms with Crippen LogP contribution in [0, 0.1) is 0 Å². The number of piperidine rings is 1. The highest BCUT2D eigenvalue weighted by Crippen LogP contribution is 2.27. The van der Waals surface area contributed by atoms with Gasteiger partial charge in [-0.05, 0) is 79.4 Å². The van der Waals surface area contributed by atoms with Crippen LogP contribution < -0.4 is 10.1 Å². The Balaban J connectivity index is 1.05. The van der Waals surface area contributed by atoms with E-state index in [4.69, 9.17) is 9.72 Å². The molecule has 5 aromatic rings. The molecule has 8 heteroatoms. The van der Waals surface area contributed by atoms with Crippen LogP contribution in [-0.4, -0.2) is 77.0 Å². The zero-order valence-electron chi connectivity index (χ0n) is 26.2. The molecule has 0 bridgehead atoms. The molecule has 0 radical (unpaired) electrons. The van der Waals surface area contributed by atoms with Gasteiger partial charge in [-0.3, -0.25) is 9.78 Å². The number of hydrogen-bond acceptors (Lipinski definition) is 6. The van der Waals surface area contributed by atoms with Gasteiger partial charge in [0, 0.05) is 62.5 Å². The molecule has 1 saturated heterocycles. The van der Waals surface area contributed by atoms with E-state index in [2.05, 4.69) is 56.6 Å². The summed E-state index contributed by atoms with van der Waals surface area (Å²) in [6.45, 7) is 3.66. The number of methoxy groups -OCH3 is 1. The van der Waals surface area contributed by atoms with E-state index < -0.39 is 0 Å². The van der Waals surface area contributed by atoms with E-state index in [-0.39, 0.29) is 11.8 Å². The van der Waals surface area contributed by atoms with Gasteiger partial charge in [0.05, 0.1) is 18.1 Å². The second kappa shape index (κ2) is 14.4. The normalized spacial score (nSPS) is 14.7. The van der Waals surface area contributed by atoms with Crippen LogP contribution >= 0.6 is 0 Å². The van der Waals surface area contributed by atoms with E-state index in [0.717, 1.165) is 73.7 Å². The van der Waals surface area contributed by atoms with Crippen molar-refractivity contribution in [1.82, 2.24) is 24.8 Å². The molecule has 1 amide bonds. The van der Waals surface area contributed by atoms with Crippen molar-refractivity contribution in [2.24, 2.45) is 0 Å². The average molecular weight is 603 g/mol. The van der Waals surface area contributed by atoms with Crippen LogP contribution in [-0.2, 0) is 6.42 Å². The largest absolute Gasteiger partial charge is 0.497 e. The molecule has 8 nitrogen and oxygen atoms in total. The molecule has 1 aliphatic rings. The van der Waals surface area contributed by atoms with E-state index in [0.29, 0.717) is 18.2 Å². The number of H-pyrrole nitrogens is 1. The fourth-order valence-electron chi connectivity index (χ4n) is 6.31. The SMILES string of the molecule is COc1cccc(C(CCN2CCC(Nc3nc4c(Cc5ccccn5)cccc4[nH]3)CC2)CN(C)C(=O)c2ccccc2)c1. The molecular formula is C37H42N6O2. The number of fused-ring (bicyclic) bond motifs is 1. The highest BCUT2D eigenvalue weighted by Gasteiger charge is 2.24. The summed E-state index contributed by atoms with van der Waals surface area (Å²) < 4.78 is 5.53. The number of aromatic nitrogens is 3. The lowest BCUT2D eigenvalue weighted by atomic mass is 9.93. The van der Waals surface area contributed by atoms with Crippen LogP contribution in [0.4, 0.5) is 5.95 Å². The molecule has 2 aromatic heterocycles. The Kier molecular flexibility index (Phi) is 9.71. The number of likely N-dealkylation sites (tertiary alicyclic amines) is 1. The monoisotopic (exact) mass is 602 g/mol. The van der Waals surface area contributed by atoms with Crippen LogP contribution in [0.15, 0.2) is 97.2 Å². The predicted molar refractivity (Wildman–Crippen MR) is 180 cm³/mol. The Morgan fingerprint density at radius 3 is 2.60 bits per heavy atom. The Morgan fingerprint density at radius 2 is 1.82 bits per heavy atom. The van der Waals surface area contributed by atoms with Crippen molar-refractivity contribution in [3.8, 4) is 5.75 Å². The van der Waals surface area contributed by atoms with Gasteiger partial charge in [0.25, 0.3) is 5.91 Å². The first kappa shape index (κ1) is 30.3. The number of nitrogens with zero attached hydrogens (tertiary/aromatic N) is 4. The van der Waals surface area contributed by atoms with E-state index in [1.807, 2.05) is 72.7 Å². The number of carbonyl (C=O) groups is 1. The van der Waals surface area contributed by atoms with E-state index in [1.165, 1.54) is 11.1 Å². The summed E-state index contributed by atoms with van der Waals surface area (Å²) in [5.41, 5.74) is 6.17. The Labute approximate surface area is 265 Å². The van der Waals surface area contributed by atoms with Crippen LogP contribution in [0.25, 0.3) is 11.0 Å². The Bertz CT molecular complexity index is 1680. The molecule has 1 atom stereocenters. The van der Waals surface area contributed by atoms with Crippen molar-refractivity contribution in [2.45, 2.75) is 37.6 Å². The zero-order valence-corrected chi connectivity index (χ0v) is 26.2. The van der Waals surface area contributed by atoms with Crippen LogP contribution in [0.3, 0.4) is 0 Å². The van der Waals surface area contributed by atoms with Gasteiger partial charge < -0.3 is 24.8 Å². The number of para-hydroxylation sites is 1. The number of imidazole rings is 1. The highest BCUT2D eigenvalue weighted by molar-refractivity contribution is 5.94. The first-order valence-electron chi connectivity index (χ1n) is 15.9. The first-order valence-corrected chi connectivity index (χ1v) is 15.9. The molecule has 1 aliphatic heterocycles. The van der Waals surface area contributed by atoms with Gasteiger partial charge in [0.2, 0.25) is 5.95 Å². The molecular weight excluding hydrogens is 560 g/mol. The quantitative estimate of drug-likeness (QED) is 0.172. The number of carbonyl (C=O) groups excluding carboxylic acids is 1. The molecule has 2 N–H and O–H groups in total. The molecule has 0 aliphatic carbocycles. The maximum absolute atomic E-state index is 13.2. The topological polar surface area (TPSA) is 86.4 Å². The number of pyridine rings is 1. The fraction of sp³-hybridized carbons (Fsp3) is 0.324. The summed E-state index contributed by atoms with van der Waals surface area (Å²) in [6, 6.07) is 30.5. The summed E-state index contributed by atoms with van der Waals surface area (Å²) in [7, 11) is 3.60. The molecule has 0 spiro atoms. The Hall–Kier alpha value is -4.69. The van der Waals surface area contributed by atoms with Gasteiger partial charge in [-0.1, -0.05) is 48.5 Å². The summed E-state index contributed by atoms with van der Waals surface area (Å²) in [4.78, 5) is 30.5. The molecule has 232 valence electrons. The van der Waals surface area contributed by atoms with Gasteiger partial charge in [-0.15, -0.1) is 0 Å². The zero-order chi connectivity index (χ0) is 31.0. The molecule has 1 fully saturated rings. The molecule has 6 rings (SSSR count). The van der Waals surface area contributed by atoms with Crippen LogP contribution in [0.5, 0.6) is 5.75 Å². The third kappa shape index (κ3) is 7.70. The third-order valence-electron chi connectivity index (χ3n) is 8.84. The number of anilines is 1. The lowest BCUT2D eigenvalue weighted by molar-refractivity contribution is 0.0782. The third-order valence-corrected chi connectivity index (χ3v) is 8.84. The standard InChI is InChI=1S/C37H42N6O2/c1-42(36(44)27-10-4-3-5-11-27)26-30(28-12-8-15-33(25-28)45-2)17-21-43-22-18-31(19-23-43)39-37-40-34-16-9-13-29(35(34)41-37)24-32-14-6-7-20-38-32/h3-16,20,25,30-31H,17-19,21-24,26H2,1-2H3,(H2,39,40,41). The second-order valence-corrected chi connectivity index (χ2v) is 12.0. The summed E-state index contributed by atoms with van der Waals surface area (Å²) >= 11 is 0. The van der Waals surface area contributed by atoms with Crippen LogP contribution in [0.2, 0.25) is 0 Å². The van der Waals surface area contributed by atoms with Crippen molar-refractivity contribution in [3.63, 3.8) is 0 Å². The van der Waals surface area contributed by atoms with E-state index in [1.54, 1.807) is 7.11 Å². The summed E-state index contributed by atoms with van der Waals surface area (Å²) in [6.07, 6.45) is 5.65. The van der Waals surface area contributed by atoms with Crippen molar-refractivity contribution >= 4 is 22.9 Å². The van der Waals surface area contributed by atoms with Crippen molar-refractivity contribution in [3.05, 3.63) is 120 Å². The number of rotatable bonds is 12. The minimum atomic E-state index is 0.0461. The average Bonchev–Trinajstić information content (AvgIpc) is 3.51. The van der Waals surface area contributed by atoms with Gasteiger partial charge >= 0.3 is 0 Å². The minimum absolute atomic E-state index is 0.0461. The predicted octanol–water partition coefficient (Wildman–Crippen LogP) is 6.38. The fourth-order valence-corrected chi connectivity index (χ4v) is 6.31. The molecule has 0 saturated carbocycles. The molecule has 45 heavy (non-hydrogen) atoms. The van der Waals surface area contributed by atoms with Gasteiger partial charge in [-0.25, -0.2) is 4.98 Å². The highest BCUT2D eigenvalue weighted by atomic mass is 16.5. The van der Waals surface area contributed by atoms with Crippen LogP contribution in [0.1, 0.15) is 52.4 Å². The minimum Gasteiger partial charge on any atom is -0.497 e. The Morgan fingerprint density at radius 1 is 1.02 bits per heavy atom. The summed E-state index contributed by atoms with van der Waals surface area (Å²) in [5, 5.41) is 3.67. The van der Waals surface area contributed by atoms with E-state index in [9.17, 15) is 4.79 Å². The van der Waals surface area contributed by atoms with Crippen molar-refractivity contribution in [2.75, 3.05) is 45.7 Å². The lowest BCUT2D eigenvalue weighted by Gasteiger charge is -2.34. The van der Waals surface area contributed by atoms with Crippen molar-refractivity contribution in [1.29, 1.82) is 0 Å². The van der Waals surface area contributed by atoms with Gasteiger partial charge in [0.15, 0.2) is 0 Å².